The van der Waals surface area contributed by atoms with E-state index < -0.39 is 8.32 Å². The number of hydrogen-bond donors (Lipinski definition) is 0. The van der Waals surface area contributed by atoms with Crippen molar-refractivity contribution < 1.29 is 13.9 Å². The first-order valence-electron chi connectivity index (χ1n) is 9.12. The van der Waals surface area contributed by atoms with Crippen LogP contribution in [0.1, 0.15) is 40.2 Å². The van der Waals surface area contributed by atoms with E-state index in [0.717, 1.165) is 5.56 Å². The maximum atomic E-state index is 6.53. The van der Waals surface area contributed by atoms with Crippen molar-refractivity contribution >= 4 is 8.32 Å². The highest BCUT2D eigenvalue weighted by Gasteiger charge is 2.40. The maximum Gasteiger partial charge on any atom is 0.193 e. The summed E-state index contributed by atoms with van der Waals surface area (Å²) in [6.45, 7) is 20.3. The molecule has 0 unspecified atom stereocenters. The molecule has 1 rings (SSSR count). The van der Waals surface area contributed by atoms with Gasteiger partial charge in [0.2, 0.25) is 0 Å². The first kappa shape index (κ1) is 22.1. The summed E-state index contributed by atoms with van der Waals surface area (Å²) in [4.78, 5) is 0. The molecule has 0 aliphatic carbocycles. The largest absolute Gasteiger partial charge is 0.408 e. The van der Waals surface area contributed by atoms with Crippen molar-refractivity contribution in [1.82, 2.24) is 0 Å². The number of benzene rings is 1. The molecule has 0 aliphatic heterocycles. The maximum absolute atomic E-state index is 6.53. The van der Waals surface area contributed by atoms with Crippen LogP contribution in [-0.2, 0) is 20.5 Å². The van der Waals surface area contributed by atoms with Gasteiger partial charge in [0.05, 0.1) is 18.8 Å². The minimum absolute atomic E-state index is 0.0672. The van der Waals surface area contributed by atoms with E-state index in [1.54, 1.807) is 0 Å². The third kappa shape index (κ3) is 7.06. The molecule has 0 saturated heterocycles. The molecule has 0 spiro atoms. The van der Waals surface area contributed by atoms with E-state index in [1.807, 2.05) is 36.4 Å². The predicted molar refractivity (Wildman–Crippen MR) is 108 cm³/mol. The quantitative estimate of drug-likeness (QED) is 0.228. The Labute approximate surface area is 155 Å². The molecular weight excluding hydrogens is 328 g/mol. The van der Waals surface area contributed by atoms with Crippen LogP contribution in [0.4, 0.5) is 0 Å². The molecule has 25 heavy (non-hydrogen) atoms. The lowest BCUT2D eigenvalue weighted by atomic mass is 10.0. The summed E-state index contributed by atoms with van der Waals surface area (Å²) >= 11 is 0. The average molecular weight is 365 g/mol. The molecule has 0 bridgehead atoms. The topological polar surface area (TPSA) is 27.7 Å². The average Bonchev–Trinajstić information content (AvgIpc) is 2.52. The van der Waals surface area contributed by atoms with Gasteiger partial charge < -0.3 is 13.9 Å². The molecule has 0 heterocycles. The van der Waals surface area contributed by atoms with Crippen molar-refractivity contribution in [2.75, 3.05) is 6.79 Å². The van der Waals surface area contributed by atoms with Gasteiger partial charge in [0.1, 0.15) is 6.79 Å². The second-order valence-electron chi connectivity index (χ2n) is 8.41. The molecule has 0 N–H and O–H groups in total. The lowest BCUT2D eigenvalue weighted by Gasteiger charge is -2.41. The molecule has 4 heteroatoms. The molecule has 3 nitrogen and oxygen atoms in total. The van der Waals surface area contributed by atoms with Gasteiger partial charge in [-0.25, -0.2) is 0 Å². The van der Waals surface area contributed by atoms with Gasteiger partial charge >= 0.3 is 0 Å². The van der Waals surface area contributed by atoms with E-state index in [0.29, 0.717) is 12.5 Å². The minimum Gasteiger partial charge on any atom is -0.408 e. The van der Waals surface area contributed by atoms with E-state index in [9.17, 15) is 0 Å². The van der Waals surface area contributed by atoms with Crippen LogP contribution in [0.25, 0.3) is 0 Å². The van der Waals surface area contributed by atoms with Gasteiger partial charge in [-0.05, 0) is 29.6 Å². The summed E-state index contributed by atoms with van der Waals surface area (Å²) in [6, 6.07) is 10.1. The van der Waals surface area contributed by atoms with Crippen LogP contribution in [-0.4, -0.2) is 27.3 Å². The Morgan fingerprint density at radius 2 is 1.72 bits per heavy atom. The Morgan fingerprint density at radius 1 is 1.12 bits per heavy atom. The Morgan fingerprint density at radius 3 is 2.20 bits per heavy atom. The smallest absolute Gasteiger partial charge is 0.193 e. The summed E-state index contributed by atoms with van der Waals surface area (Å²) in [5.74, 6) is 0.313. The summed E-state index contributed by atoms with van der Waals surface area (Å²) in [5, 5.41) is 0.152. The fourth-order valence-electron chi connectivity index (χ4n) is 2.29. The van der Waals surface area contributed by atoms with Crippen LogP contribution in [0.5, 0.6) is 0 Å². The third-order valence-corrected chi connectivity index (χ3v) is 9.38. The standard InChI is InChI=1S/C21H36O3Si/c1-9-19(24-25(7,8)21(4,5)6)20(17(2)3)23-16-22-15-18-13-11-10-12-14-18/h9-14,17,19-20H,1,15-16H2,2-8H3/t19-,20-/m0/s1. The highest BCUT2D eigenvalue weighted by Crippen LogP contribution is 2.38. The van der Waals surface area contributed by atoms with Gasteiger partial charge in [0.15, 0.2) is 8.32 Å². The SMILES string of the molecule is C=C[C@H](O[Si](C)(C)C(C)(C)C)[C@@H](OCOCc1ccccc1)C(C)C. The van der Waals surface area contributed by atoms with Crippen LogP contribution in [0.2, 0.25) is 18.1 Å². The van der Waals surface area contributed by atoms with E-state index in [4.69, 9.17) is 13.9 Å². The predicted octanol–water partition coefficient (Wildman–Crippen LogP) is 5.78. The van der Waals surface area contributed by atoms with Gasteiger partial charge in [-0.2, -0.15) is 0 Å². The molecule has 0 aromatic heterocycles. The molecule has 142 valence electrons. The fourth-order valence-corrected chi connectivity index (χ4v) is 3.56. The van der Waals surface area contributed by atoms with Crippen LogP contribution in [0, 0.1) is 5.92 Å². The summed E-state index contributed by atoms with van der Waals surface area (Å²) in [7, 11) is -1.89. The molecule has 2 atom stereocenters. The van der Waals surface area contributed by atoms with Crippen LogP contribution >= 0.6 is 0 Å². The Hall–Kier alpha value is -0.943. The zero-order valence-corrected chi connectivity index (χ0v) is 18.0. The van der Waals surface area contributed by atoms with Crippen molar-refractivity contribution in [3.63, 3.8) is 0 Å². The molecule has 0 amide bonds. The summed E-state index contributed by atoms with van der Waals surface area (Å²) < 4.78 is 18.3. The molecule has 0 radical (unpaired) electrons. The van der Waals surface area contributed by atoms with Gasteiger partial charge in [0, 0.05) is 0 Å². The number of hydrogen-bond acceptors (Lipinski definition) is 3. The Kier molecular flexibility index (Phi) is 8.55. The fraction of sp³-hybridized carbons (Fsp3) is 0.619. The molecule has 0 saturated carbocycles. The molecule has 0 aliphatic rings. The van der Waals surface area contributed by atoms with E-state index in [-0.39, 0.29) is 24.0 Å². The zero-order chi connectivity index (χ0) is 19.1. The Bertz CT molecular complexity index is 506. The van der Waals surface area contributed by atoms with Crippen molar-refractivity contribution in [2.24, 2.45) is 5.92 Å². The van der Waals surface area contributed by atoms with Crippen LogP contribution in [0.3, 0.4) is 0 Å². The summed E-state index contributed by atoms with van der Waals surface area (Å²) in [6.07, 6.45) is 1.69. The first-order valence-corrected chi connectivity index (χ1v) is 12.0. The molecule has 1 aromatic rings. The highest BCUT2D eigenvalue weighted by molar-refractivity contribution is 6.74. The minimum atomic E-state index is -1.89. The summed E-state index contributed by atoms with van der Waals surface area (Å²) in [5.41, 5.74) is 1.14. The van der Waals surface area contributed by atoms with Gasteiger partial charge in [-0.3, -0.25) is 0 Å². The van der Waals surface area contributed by atoms with Crippen molar-refractivity contribution in [2.45, 2.75) is 71.6 Å². The third-order valence-electron chi connectivity index (χ3n) is 4.91. The second-order valence-corrected chi connectivity index (χ2v) is 13.2. The number of ether oxygens (including phenoxy) is 2. The monoisotopic (exact) mass is 364 g/mol. The second kappa shape index (κ2) is 9.67. The molecule has 0 fully saturated rings. The van der Waals surface area contributed by atoms with E-state index in [1.165, 1.54) is 0 Å². The van der Waals surface area contributed by atoms with Crippen LogP contribution in [0.15, 0.2) is 43.0 Å². The highest BCUT2D eigenvalue weighted by atomic mass is 28.4. The molecule has 1 aromatic carbocycles. The first-order chi connectivity index (χ1) is 11.6. The van der Waals surface area contributed by atoms with Gasteiger partial charge in [0.25, 0.3) is 0 Å². The van der Waals surface area contributed by atoms with Crippen molar-refractivity contribution in [3.8, 4) is 0 Å². The number of rotatable bonds is 10. The van der Waals surface area contributed by atoms with Crippen molar-refractivity contribution in [3.05, 3.63) is 48.6 Å². The van der Waals surface area contributed by atoms with E-state index >= 15 is 0 Å². The zero-order valence-electron chi connectivity index (χ0n) is 17.0. The normalized spacial score (nSPS) is 15.2. The van der Waals surface area contributed by atoms with Gasteiger partial charge in [-0.15, -0.1) is 6.58 Å². The van der Waals surface area contributed by atoms with Gasteiger partial charge in [-0.1, -0.05) is 71.0 Å². The lowest BCUT2D eigenvalue weighted by molar-refractivity contribution is -0.131. The lowest BCUT2D eigenvalue weighted by Crippen LogP contribution is -2.48. The van der Waals surface area contributed by atoms with E-state index in [2.05, 4.69) is 54.3 Å². The molecular formula is C21H36O3Si. The van der Waals surface area contributed by atoms with Crippen LogP contribution < -0.4 is 0 Å². The Balaban J connectivity index is 2.62. The van der Waals surface area contributed by atoms with Crippen molar-refractivity contribution in [1.29, 1.82) is 0 Å².